The predicted octanol–water partition coefficient (Wildman–Crippen LogP) is 9.88. The molecule has 0 heteroatoms. The largest absolute Gasteiger partial charge is 0.106 e. The van der Waals surface area contributed by atoms with Gasteiger partial charge in [-0.15, -0.1) is 26.3 Å². The highest BCUT2D eigenvalue weighted by atomic mass is 14.1. The lowest BCUT2D eigenvalue weighted by molar-refractivity contribution is 1.14. The highest BCUT2D eigenvalue weighted by Crippen LogP contribution is 2.24. The van der Waals surface area contributed by atoms with Crippen LogP contribution in [-0.4, -0.2) is 0 Å². The second-order valence-corrected chi connectivity index (χ2v) is 6.51. The molecule has 0 nitrogen and oxygen atoms in total. The maximum Gasteiger partial charge on any atom is -0.0155 e. The number of hydrogen-bond acceptors (Lipinski definition) is 0. The summed E-state index contributed by atoms with van der Waals surface area (Å²) in [5, 5.41) is 0. The van der Waals surface area contributed by atoms with Gasteiger partial charge in [0.05, 0.1) is 0 Å². The zero-order valence-electron chi connectivity index (χ0n) is 20.7. The van der Waals surface area contributed by atoms with Crippen LogP contribution in [0.4, 0.5) is 0 Å². The maximum absolute atomic E-state index is 3.95. The Hall–Kier alpha value is -3.12. The van der Waals surface area contributed by atoms with Gasteiger partial charge >= 0.3 is 0 Å². The minimum absolute atomic E-state index is 1.11. The van der Waals surface area contributed by atoms with Crippen LogP contribution in [0, 0.1) is 13.8 Å². The Morgan fingerprint density at radius 2 is 1.19 bits per heavy atom. The summed E-state index contributed by atoms with van der Waals surface area (Å²) < 4.78 is 0. The molecule has 0 amide bonds. The lowest BCUT2D eigenvalue weighted by Gasteiger charge is -2.07. The van der Waals surface area contributed by atoms with Crippen molar-refractivity contribution in [2.75, 3.05) is 0 Å². The monoisotopic (exact) mass is 414 g/mol. The predicted molar refractivity (Wildman–Crippen MR) is 146 cm³/mol. The molecular formula is C31H42. The molecule has 0 saturated heterocycles. The van der Waals surface area contributed by atoms with Crippen LogP contribution in [0.15, 0.2) is 106 Å². The van der Waals surface area contributed by atoms with Gasteiger partial charge in [0.2, 0.25) is 0 Å². The standard InChI is InChI=1S/C16H16.C9H12.C2H6.2C2H4/c1-12(2)14-8-10-15(11-9-14)16-7-5-4-6-13(16)3;1-3-9-6-4-8(2)5-7-9;3*1-2/h4-11H,1H2,2-3H3;4-7H,3H2,1-2H3;1-2H3;2*1-2H2. The van der Waals surface area contributed by atoms with Crippen molar-refractivity contribution in [3.05, 3.63) is 128 Å². The van der Waals surface area contributed by atoms with E-state index >= 15 is 0 Å². The highest BCUT2D eigenvalue weighted by Gasteiger charge is 2.00. The topological polar surface area (TPSA) is 0 Å². The number of hydrogen-bond donors (Lipinski definition) is 0. The van der Waals surface area contributed by atoms with Crippen molar-refractivity contribution in [3.8, 4) is 11.1 Å². The molecule has 0 atom stereocenters. The Bertz CT molecular complexity index is 834. The minimum Gasteiger partial charge on any atom is -0.106 e. The second-order valence-electron chi connectivity index (χ2n) is 6.51. The molecule has 0 aromatic heterocycles. The molecule has 166 valence electrons. The fourth-order valence-electron chi connectivity index (χ4n) is 2.65. The zero-order chi connectivity index (χ0) is 24.2. The van der Waals surface area contributed by atoms with Gasteiger partial charge in [-0.05, 0) is 55.0 Å². The summed E-state index contributed by atoms with van der Waals surface area (Å²) >= 11 is 0. The van der Waals surface area contributed by atoms with E-state index in [1.807, 2.05) is 20.8 Å². The van der Waals surface area contributed by atoms with Gasteiger partial charge in [-0.25, -0.2) is 0 Å². The molecule has 0 fully saturated rings. The Balaban J connectivity index is 0. The first-order valence-electron chi connectivity index (χ1n) is 10.9. The summed E-state index contributed by atoms with van der Waals surface area (Å²) in [6, 6.07) is 25.7. The van der Waals surface area contributed by atoms with Gasteiger partial charge in [-0.3, -0.25) is 0 Å². The van der Waals surface area contributed by atoms with E-state index in [-0.39, 0.29) is 0 Å². The van der Waals surface area contributed by atoms with Crippen molar-refractivity contribution in [2.24, 2.45) is 0 Å². The smallest absolute Gasteiger partial charge is 0.0155 e. The van der Waals surface area contributed by atoms with E-state index in [0.717, 1.165) is 12.0 Å². The summed E-state index contributed by atoms with van der Waals surface area (Å²) in [6.45, 7) is 28.4. The molecule has 0 spiro atoms. The summed E-state index contributed by atoms with van der Waals surface area (Å²) in [7, 11) is 0. The third kappa shape index (κ3) is 11.6. The molecule has 0 heterocycles. The first-order chi connectivity index (χ1) is 15.0. The summed E-state index contributed by atoms with van der Waals surface area (Å²) in [5.74, 6) is 0. The van der Waals surface area contributed by atoms with E-state index in [1.54, 1.807) is 0 Å². The summed E-state index contributed by atoms with van der Waals surface area (Å²) in [5.41, 5.74) is 8.95. The number of aryl methyl sites for hydroxylation is 3. The van der Waals surface area contributed by atoms with Crippen LogP contribution in [0.5, 0.6) is 0 Å². The van der Waals surface area contributed by atoms with Crippen molar-refractivity contribution in [1.82, 2.24) is 0 Å². The molecule has 3 aromatic rings. The van der Waals surface area contributed by atoms with Crippen LogP contribution >= 0.6 is 0 Å². The molecule has 0 saturated carbocycles. The van der Waals surface area contributed by atoms with Crippen molar-refractivity contribution >= 4 is 5.57 Å². The van der Waals surface area contributed by atoms with E-state index in [0.29, 0.717) is 0 Å². The third-order valence-corrected chi connectivity index (χ3v) is 4.36. The minimum atomic E-state index is 1.11. The fraction of sp³-hybridized carbons (Fsp3) is 0.226. The third-order valence-electron chi connectivity index (χ3n) is 4.36. The molecule has 0 bridgehead atoms. The number of allylic oxidation sites excluding steroid dienone is 1. The molecule has 0 aliphatic rings. The van der Waals surface area contributed by atoms with Crippen LogP contribution in [0.25, 0.3) is 16.7 Å². The molecular weight excluding hydrogens is 372 g/mol. The van der Waals surface area contributed by atoms with Gasteiger partial charge in [-0.2, -0.15) is 0 Å². The normalized spacial score (nSPS) is 8.45. The van der Waals surface area contributed by atoms with Crippen LogP contribution in [0.3, 0.4) is 0 Å². The van der Waals surface area contributed by atoms with Crippen molar-refractivity contribution in [2.45, 2.75) is 48.0 Å². The Morgan fingerprint density at radius 3 is 1.61 bits per heavy atom. The Morgan fingerprint density at radius 1 is 0.710 bits per heavy atom. The molecule has 0 radical (unpaired) electrons. The van der Waals surface area contributed by atoms with Crippen molar-refractivity contribution < 1.29 is 0 Å². The lowest BCUT2D eigenvalue weighted by Crippen LogP contribution is -1.83. The van der Waals surface area contributed by atoms with Gasteiger partial charge in [0.15, 0.2) is 0 Å². The van der Waals surface area contributed by atoms with Gasteiger partial charge in [-0.1, -0.05) is 111 Å². The molecule has 31 heavy (non-hydrogen) atoms. The zero-order valence-corrected chi connectivity index (χ0v) is 20.7. The average molecular weight is 415 g/mol. The van der Waals surface area contributed by atoms with Crippen molar-refractivity contribution in [3.63, 3.8) is 0 Å². The second kappa shape index (κ2) is 18.9. The lowest BCUT2D eigenvalue weighted by atomic mass is 9.98. The number of benzene rings is 3. The Kier molecular flexibility index (Phi) is 18.3. The highest BCUT2D eigenvalue weighted by molar-refractivity contribution is 5.70. The van der Waals surface area contributed by atoms with E-state index in [2.05, 4.69) is 126 Å². The molecule has 3 rings (SSSR count). The summed E-state index contributed by atoms with van der Waals surface area (Å²) in [6.07, 6.45) is 1.14. The van der Waals surface area contributed by atoms with Gasteiger partial charge in [0.25, 0.3) is 0 Å². The average Bonchev–Trinajstić information content (AvgIpc) is 2.84. The van der Waals surface area contributed by atoms with Crippen LogP contribution in [0.1, 0.15) is 49.9 Å². The van der Waals surface area contributed by atoms with Crippen LogP contribution in [0.2, 0.25) is 0 Å². The van der Waals surface area contributed by atoms with E-state index in [1.165, 1.54) is 33.4 Å². The first-order valence-corrected chi connectivity index (χ1v) is 10.9. The Labute approximate surface area is 192 Å². The van der Waals surface area contributed by atoms with Gasteiger partial charge in [0.1, 0.15) is 0 Å². The molecule has 0 N–H and O–H groups in total. The molecule has 3 aromatic carbocycles. The maximum atomic E-state index is 3.95. The van der Waals surface area contributed by atoms with E-state index < -0.39 is 0 Å². The van der Waals surface area contributed by atoms with E-state index in [4.69, 9.17) is 0 Å². The number of rotatable bonds is 3. The van der Waals surface area contributed by atoms with Crippen LogP contribution in [-0.2, 0) is 6.42 Å². The van der Waals surface area contributed by atoms with E-state index in [9.17, 15) is 0 Å². The van der Waals surface area contributed by atoms with Crippen molar-refractivity contribution in [1.29, 1.82) is 0 Å². The van der Waals surface area contributed by atoms with Crippen LogP contribution < -0.4 is 0 Å². The van der Waals surface area contributed by atoms with Gasteiger partial charge in [0, 0.05) is 0 Å². The molecule has 0 aliphatic heterocycles. The molecule has 0 unspecified atom stereocenters. The first kappa shape index (κ1) is 30.1. The summed E-state index contributed by atoms with van der Waals surface area (Å²) in [4.78, 5) is 0. The fourth-order valence-corrected chi connectivity index (χ4v) is 2.65. The SMILES string of the molecule is C=C.C=C.C=C(C)c1ccc(-c2ccccc2C)cc1.CC.CCc1ccc(C)cc1. The molecule has 0 aliphatic carbocycles. The van der Waals surface area contributed by atoms with Gasteiger partial charge < -0.3 is 0 Å². The quantitative estimate of drug-likeness (QED) is 0.374.